The number of carbonyl (C=O) groups excluding carboxylic acids is 1. The van der Waals surface area contributed by atoms with Crippen molar-refractivity contribution in [2.45, 2.75) is 44.2 Å². The van der Waals surface area contributed by atoms with E-state index in [9.17, 15) is 14.7 Å². The van der Waals surface area contributed by atoms with Crippen LogP contribution in [-0.2, 0) is 19.9 Å². The number of benzene rings is 3. The second-order valence-corrected chi connectivity index (χ2v) is 11.8. The van der Waals surface area contributed by atoms with Crippen LogP contribution in [0.2, 0.25) is 0 Å². The van der Waals surface area contributed by atoms with Crippen LogP contribution < -0.4 is 20.3 Å². The number of ether oxygens (including phenoxy) is 4. The van der Waals surface area contributed by atoms with Crippen molar-refractivity contribution >= 4 is 22.9 Å². The smallest absolute Gasteiger partial charge is 0.261 e. The van der Waals surface area contributed by atoms with E-state index < -0.39 is 29.5 Å². The van der Waals surface area contributed by atoms with Gasteiger partial charge in [0.25, 0.3) is 5.56 Å². The van der Waals surface area contributed by atoms with Crippen LogP contribution in [0, 0.1) is 5.92 Å². The fourth-order valence-corrected chi connectivity index (χ4v) is 5.89. The summed E-state index contributed by atoms with van der Waals surface area (Å²) in [6.07, 6.45) is -1.80. The highest BCUT2D eigenvalue weighted by Gasteiger charge is 2.42. The highest BCUT2D eigenvalue weighted by Crippen LogP contribution is 2.43. The number of fused-ring (bicyclic) bond motifs is 1. The molecule has 11 nitrogen and oxygen atoms in total. The zero-order chi connectivity index (χ0) is 33.1. The first kappa shape index (κ1) is 32.0. The van der Waals surface area contributed by atoms with Gasteiger partial charge in [-0.1, -0.05) is 68.4 Å². The molecule has 1 aliphatic rings. The summed E-state index contributed by atoms with van der Waals surface area (Å²) in [6.45, 7) is 3.55. The van der Waals surface area contributed by atoms with Crippen LogP contribution in [-0.4, -0.2) is 59.0 Å². The molecule has 0 unspecified atom stereocenters. The number of H-pyrrole nitrogens is 2. The van der Waals surface area contributed by atoms with E-state index in [0.29, 0.717) is 28.2 Å². The first-order chi connectivity index (χ1) is 22.7. The van der Waals surface area contributed by atoms with Crippen molar-refractivity contribution in [3.05, 3.63) is 118 Å². The molecule has 244 valence electrons. The molecule has 1 aliphatic heterocycles. The highest BCUT2D eigenvalue weighted by atomic mass is 16.6. The molecule has 0 spiro atoms. The number of hydrogen-bond acceptors (Lipinski definition) is 8. The first-order valence-electron chi connectivity index (χ1n) is 15.5. The Bertz CT molecular complexity index is 1840. The van der Waals surface area contributed by atoms with Crippen molar-refractivity contribution in [2.24, 2.45) is 5.92 Å². The van der Waals surface area contributed by atoms with E-state index in [2.05, 4.69) is 20.3 Å². The van der Waals surface area contributed by atoms with E-state index in [0.717, 1.165) is 16.7 Å². The van der Waals surface area contributed by atoms with Gasteiger partial charge < -0.3 is 29.0 Å². The maximum atomic E-state index is 12.8. The summed E-state index contributed by atoms with van der Waals surface area (Å²) in [6, 6.07) is 27.0. The molecule has 3 atom stereocenters. The second-order valence-electron chi connectivity index (χ2n) is 11.8. The van der Waals surface area contributed by atoms with Gasteiger partial charge in [0.15, 0.2) is 0 Å². The zero-order valence-corrected chi connectivity index (χ0v) is 26.7. The number of amides is 1. The number of methoxy groups -OCH3 is 2. The molecule has 0 aliphatic carbocycles. The molecule has 0 radical (unpaired) electrons. The molecular weight excluding hydrogens is 600 g/mol. The predicted octanol–water partition coefficient (Wildman–Crippen LogP) is 5.06. The van der Waals surface area contributed by atoms with Crippen LogP contribution in [0.3, 0.4) is 0 Å². The van der Waals surface area contributed by atoms with Gasteiger partial charge in [-0.25, -0.2) is 0 Å². The lowest BCUT2D eigenvalue weighted by atomic mass is 9.80. The molecule has 3 aromatic carbocycles. The van der Waals surface area contributed by atoms with E-state index in [1.54, 1.807) is 34.1 Å². The zero-order valence-electron chi connectivity index (χ0n) is 26.7. The van der Waals surface area contributed by atoms with E-state index in [1.165, 1.54) is 0 Å². The number of aromatic amines is 2. The van der Waals surface area contributed by atoms with Gasteiger partial charge in [-0.15, -0.1) is 0 Å². The molecule has 6 rings (SSSR count). The van der Waals surface area contributed by atoms with Gasteiger partial charge in [-0.2, -0.15) is 4.98 Å². The largest absolute Gasteiger partial charge is 0.497 e. The van der Waals surface area contributed by atoms with Crippen molar-refractivity contribution < 1.29 is 28.8 Å². The van der Waals surface area contributed by atoms with Crippen LogP contribution in [0.5, 0.6) is 11.5 Å². The monoisotopic (exact) mass is 638 g/mol. The van der Waals surface area contributed by atoms with Crippen LogP contribution in [0.4, 0.5) is 5.95 Å². The third-order valence-electron chi connectivity index (χ3n) is 8.49. The highest BCUT2D eigenvalue weighted by molar-refractivity contribution is 5.91. The molecule has 11 heteroatoms. The summed E-state index contributed by atoms with van der Waals surface area (Å²) in [5, 5.41) is 14.2. The number of aliphatic hydroxyl groups is 1. The summed E-state index contributed by atoms with van der Waals surface area (Å²) >= 11 is 0. The van der Waals surface area contributed by atoms with Crippen LogP contribution in [0.25, 0.3) is 11.0 Å². The van der Waals surface area contributed by atoms with E-state index >= 15 is 0 Å². The van der Waals surface area contributed by atoms with E-state index in [4.69, 9.17) is 18.9 Å². The molecule has 3 heterocycles. The Morgan fingerprint density at radius 3 is 2.13 bits per heavy atom. The Morgan fingerprint density at radius 2 is 1.55 bits per heavy atom. The molecule has 5 aromatic rings. The maximum absolute atomic E-state index is 12.8. The van der Waals surface area contributed by atoms with Crippen LogP contribution >= 0.6 is 0 Å². The lowest BCUT2D eigenvalue weighted by Crippen LogP contribution is -2.38. The van der Waals surface area contributed by atoms with Crippen molar-refractivity contribution in [1.82, 2.24) is 15.0 Å². The minimum Gasteiger partial charge on any atom is -0.497 e. The quantitative estimate of drug-likeness (QED) is 0.147. The summed E-state index contributed by atoms with van der Waals surface area (Å²) in [4.78, 5) is 35.1. The Balaban J connectivity index is 1.31. The Labute approximate surface area is 271 Å². The lowest BCUT2D eigenvalue weighted by molar-refractivity contribution is -0.118. The molecule has 47 heavy (non-hydrogen) atoms. The minimum absolute atomic E-state index is 0.0507. The topological polar surface area (TPSA) is 148 Å². The molecule has 0 saturated carbocycles. The molecule has 2 aromatic heterocycles. The number of nitrogens with zero attached hydrogens (tertiary/aromatic N) is 1. The maximum Gasteiger partial charge on any atom is 0.261 e. The molecule has 1 amide bonds. The van der Waals surface area contributed by atoms with Gasteiger partial charge in [0.05, 0.1) is 32.3 Å². The summed E-state index contributed by atoms with van der Waals surface area (Å²) in [7, 11) is 3.25. The fraction of sp³-hybridized carbons (Fsp3) is 0.306. The second kappa shape index (κ2) is 13.4. The third kappa shape index (κ3) is 6.37. The Morgan fingerprint density at radius 1 is 0.957 bits per heavy atom. The van der Waals surface area contributed by atoms with Gasteiger partial charge in [0, 0.05) is 18.0 Å². The van der Waals surface area contributed by atoms with Crippen LogP contribution in [0.15, 0.2) is 89.7 Å². The standard InChI is InChI=1S/C36H38N4O7/c1-21(2)33(42)39-35-38-32-27(34(43)40-35)18-28(37-32)30-19-29(41)31(47-30)20-46-36(22-8-6-5-7-9-22,23-10-14-25(44-3)15-11-23)24-12-16-26(45-4)17-13-24/h5-18,21,29-31,41H,19-20H2,1-4H3,(H3,37,38,39,40,42,43)/t29-,30+,31+/m0/s1. The first-order valence-corrected chi connectivity index (χ1v) is 15.5. The normalized spacial score (nSPS) is 18.0. The van der Waals surface area contributed by atoms with Gasteiger partial charge >= 0.3 is 0 Å². The number of anilines is 1. The lowest BCUT2D eigenvalue weighted by Gasteiger charge is -2.37. The number of nitrogens with one attached hydrogen (secondary N) is 3. The average Bonchev–Trinajstić information content (AvgIpc) is 3.69. The number of hydrogen-bond donors (Lipinski definition) is 4. The van der Waals surface area contributed by atoms with Gasteiger partial charge in [0.2, 0.25) is 11.9 Å². The molecule has 4 N–H and O–H groups in total. The molecular formula is C36H38N4O7. The fourth-order valence-electron chi connectivity index (χ4n) is 5.89. The summed E-state index contributed by atoms with van der Waals surface area (Å²) < 4.78 is 24.2. The van der Waals surface area contributed by atoms with E-state index in [1.807, 2.05) is 78.9 Å². The number of aromatic nitrogens is 3. The van der Waals surface area contributed by atoms with Crippen LogP contribution in [0.1, 0.15) is 48.8 Å². The molecule has 0 bridgehead atoms. The van der Waals surface area contributed by atoms with Crippen molar-refractivity contribution in [3.63, 3.8) is 0 Å². The van der Waals surface area contributed by atoms with Crippen molar-refractivity contribution in [2.75, 3.05) is 26.1 Å². The number of rotatable bonds is 11. The summed E-state index contributed by atoms with van der Waals surface area (Å²) in [5.41, 5.74) is 2.03. The number of carbonyl (C=O) groups is 1. The minimum atomic E-state index is -1.07. The Hall–Kier alpha value is -4.97. The van der Waals surface area contributed by atoms with Gasteiger partial charge in [-0.3, -0.25) is 19.9 Å². The number of aliphatic hydroxyl groups excluding tert-OH is 1. The Kier molecular flexibility index (Phi) is 9.12. The van der Waals surface area contributed by atoms with Gasteiger partial charge in [0.1, 0.15) is 35.0 Å². The third-order valence-corrected chi connectivity index (χ3v) is 8.49. The predicted molar refractivity (Wildman–Crippen MR) is 177 cm³/mol. The average molecular weight is 639 g/mol. The molecule has 1 saturated heterocycles. The van der Waals surface area contributed by atoms with Crippen molar-refractivity contribution in [1.29, 1.82) is 0 Å². The van der Waals surface area contributed by atoms with Gasteiger partial charge in [-0.05, 0) is 47.0 Å². The SMILES string of the molecule is COc1ccc(C(OC[C@H]2O[C@@H](c3cc4c(=O)[nH]c(NC(=O)C(C)C)nc4[nH]3)C[C@@H]2O)(c2ccccc2)c2ccc(OC)cc2)cc1. The summed E-state index contributed by atoms with van der Waals surface area (Å²) in [5.74, 6) is 0.938. The van der Waals surface area contributed by atoms with Crippen molar-refractivity contribution in [3.8, 4) is 11.5 Å². The molecule has 1 fully saturated rings. The van der Waals surface area contributed by atoms with E-state index in [-0.39, 0.29) is 30.8 Å².